The van der Waals surface area contributed by atoms with Gasteiger partial charge in [0.1, 0.15) is 0 Å². The fourth-order valence-electron chi connectivity index (χ4n) is 3.86. The number of amides is 1. The predicted octanol–water partition coefficient (Wildman–Crippen LogP) is 3.90. The van der Waals surface area contributed by atoms with Crippen molar-refractivity contribution < 1.29 is 14.7 Å². The Kier molecular flexibility index (Phi) is 5.71. The second-order valence-electron chi connectivity index (χ2n) is 6.98. The van der Waals surface area contributed by atoms with E-state index < -0.39 is 11.9 Å². The fraction of sp³-hybridized carbons (Fsp3) is 0.364. The van der Waals surface area contributed by atoms with E-state index in [1.807, 2.05) is 48.5 Å². The molecule has 26 heavy (non-hydrogen) atoms. The maximum atomic E-state index is 12.9. The quantitative estimate of drug-likeness (QED) is 0.859. The van der Waals surface area contributed by atoms with E-state index >= 15 is 0 Å². The van der Waals surface area contributed by atoms with Crippen LogP contribution in [0.1, 0.15) is 42.7 Å². The van der Waals surface area contributed by atoms with E-state index in [0.29, 0.717) is 19.5 Å². The lowest BCUT2D eigenvalue weighted by molar-refractivity contribution is -0.141. The standard InChI is InChI=1S/C22H25NO3/c1-2-16(17-9-5-3-6-10-17)13-21(24)23-14-19(20(15-23)22(25)26)18-11-7-4-8-12-18/h3-12,16,19-20H,2,13-15H2,1H3,(H,25,26)/t16?,19-,20-/m0/s1. The van der Waals surface area contributed by atoms with Crippen molar-refractivity contribution in [2.75, 3.05) is 13.1 Å². The maximum absolute atomic E-state index is 12.9. The molecule has 1 heterocycles. The molecule has 136 valence electrons. The van der Waals surface area contributed by atoms with Gasteiger partial charge >= 0.3 is 5.97 Å². The molecular weight excluding hydrogens is 326 g/mol. The molecule has 3 rings (SSSR count). The second kappa shape index (κ2) is 8.17. The number of carbonyl (C=O) groups is 2. The van der Waals surface area contributed by atoms with Crippen LogP contribution in [0.3, 0.4) is 0 Å². The van der Waals surface area contributed by atoms with Crippen molar-refractivity contribution in [3.63, 3.8) is 0 Å². The first-order chi connectivity index (χ1) is 12.6. The first-order valence-electron chi connectivity index (χ1n) is 9.20. The summed E-state index contributed by atoms with van der Waals surface area (Å²) in [6.45, 7) is 2.85. The predicted molar refractivity (Wildman–Crippen MR) is 101 cm³/mol. The van der Waals surface area contributed by atoms with Crippen molar-refractivity contribution >= 4 is 11.9 Å². The van der Waals surface area contributed by atoms with Gasteiger partial charge in [-0.25, -0.2) is 0 Å². The van der Waals surface area contributed by atoms with Crippen molar-refractivity contribution in [3.05, 3.63) is 71.8 Å². The van der Waals surface area contributed by atoms with Crippen LogP contribution in [-0.4, -0.2) is 35.0 Å². The van der Waals surface area contributed by atoms with Crippen molar-refractivity contribution in [1.29, 1.82) is 0 Å². The molecule has 0 bridgehead atoms. The number of aliphatic carboxylic acids is 1. The number of likely N-dealkylation sites (tertiary alicyclic amines) is 1. The van der Waals surface area contributed by atoms with Crippen molar-refractivity contribution in [2.24, 2.45) is 5.92 Å². The second-order valence-corrected chi connectivity index (χ2v) is 6.98. The monoisotopic (exact) mass is 351 g/mol. The molecule has 0 aromatic heterocycles. The van der Waals surface area contributed by atoms with Crippen molar-refractivity contribution in [1.82, 2.24) is 4.90 Å². The van der Waals surface area contributed by atoms with Gasteiger partial charge in [-0.3, -0.25) is 9.59 Å². The lowest BCUT2D eigenvalue weighted by Gasteiger charge is -2.21. The highest BCUT2D eigenvalue weighted by Crippen LogP contribution is 2.34. The average molecular weight is 351 g/mol. The Balaban J connectivity index is 1.73. The maximum Gasteiger partial charge on any atom is 0.308 e. The Labute approximate surface area is 154 Å². The Bertz CT molecular complexity index is 744. The van der Waals surface area contributed by atoms with Crippen LogP contribution in [-0.2, 0) is 9.59 Å². The molecule has 0 saturated carbocycles. The van der Waals surface area contributed by atoms with Crippen LogP contribution in [0.25, 0.3) is 0 Å². The zero-order valence-electron chi connectivity index (χ0n) is 15.0. The summed E-state index contributed by atoms with van der Waals surface area (Å²) in [6, 6.07) is 19.7. The van der Waals surface area contributed by atoms with E-state index in [1.54, 1.807) is 4.90 Å². The van der Waals surface area contributed by atoms with Gasteiger partial charge < -0.3 is 10.0 Å². The zero-order valence-corrected chi connectivity index (χ0v) is 15.0. The molecule has 1 amide bonds. The molecule has 1 saturated heterocycles. The van der Waals surface area contributed by atoms with E-state index in [1.165, 1.54) is 0 Å². The SMILES string of the molecule is CCC(CC(=O)N1C[C@H](C(=O)O)[C@H](c2ccccc2)C1)c1ccccc1. The van der Waals surface area contributed by atoms with Gasteiger partial charge in [0.05, 0.1) is 5.92 Å². The summed E-state index contributed by atoms with van der Waals surface area (Å²) >= 11 is 0. The number of rotatable bonds is 6. The number of nitrogens with zero attached hydrogens (tertiary/aromatic N) is 1. The van der Waals surface area contributed by atoms with Crippen LogP contribution in [0.2, 0.25) is 0 Å². The first kappa shape index (κ1) is 18.2. The third-order valence-electron chi connectivity index (χ3n) is 5.40. The molecule has 1 aliphatic heterocycles. The summed E-state index contributed by atoms with van der Waals surface area (Å²) in [5.74, 6) is -1.30. The summed E-state index contributed by atoms with van der Waals surface area (Å²) in [7, 11) is 0. The van der Waals surface area contributed by atoms with Gasteiger partial charge in [-0.15, -0.1) is 0 Å². The molecule has 1 aliphatic rings. The topological polar surface area (TPSA) is 57.6 Å². The molecule has 2 aromatic carbocycles. The first-order valence-corrected chi connectivity index (χ1v) is 9.20. The molecule has 0 spiro atoms. The summed E-state index contributed by atoms with van der Waals surface area (Å²) in [5, 5.41) is 9.61. The third-order valence-corrected chi connectivity index (χ3v) is 5.40. The van der Waals surface area contributed by atoms with E-state index in [9.17, 15) is 14.7 Å². The molecule has 4 nitrogen and oxygen atoms in total. The van der Waals surface area contributed by atoms with Gasteiger partial charge in [0, 0.05) is 25.4 Å². The number of hydrogen-bond acceptors (Lipinski definition) is 2. The highest BCUT2D eigenvalue weighted by atomic mass is 16.4. The van der Waals surface area contributed by atoms with Gasteiger partial charge in [-0.2, -0.15) is 0 Å². The van der Waals surface area contributed by atoms with Crippen LogP contribution in [0, 0.1) is 5.92 Å². The van der Waals surface area contributed by atoms with Gasteiger partial charge in [-0.1, -0.05) is 67.6 Å². The number of hydrogen-bond donors (Lipinski definition) is 1. The minimum atomic E-state index is -0.829. The summed E-state index contributed by atoms with van der Waals surface area (Å²) in [4.78, 5) is 26.3. The number of carboxylic acids is 1. The minimum absolute atomic E-state index is 0.0467. The number of benzene rings is 2. The van der Waals surface area contributed by atoms with E-state index in [2.05, 4.69) is 19.1 Å². The van der Waals surface area contributed by atoms with E-state index in [-0.39, 0.29) is 17.7 Å². The lowest BCUT2D eigenvalue weighted by Crippen LogP contribution is -2.31. The molecule has 3 atom stereocenters. The Morgan fingerprint density at radius 2 is 1.65 bits per heavy atom. The van der Waals surface area contributed by atoms with Crippen LogP contribution >= 0.6 is 0 Å². The molecule has 1 fully saturated rings. The van der Waals surface area contributed by atoms with Crippen molar-refractivity contribution in [3.8, 4) is 0 Å². The molecular formula is C22H25NO3. The lowest BCUT2D eigenvalue weighted by atomic mass is 9.89. The molecule has 4 heteroatoms. The van der Waals surface area contributed by atoms with Gasteiger partial charge in [-0.05, 0) is 23.5 Å². The fourth-order valence-corrected chi connectivity index (χ4v) is 3.86. The Hall–Kier alpha value is -2.62. The smallest absolute Gasteiger partial charge is 0.308 e. The largest absolute Gasteiger partial charge is 0.481 e. The Morgan fingerprint density at radius 3 is 2.23 bits per heavy atom. The van der Waals surface area contributed by atoms with Gasteiger partial charge in [0.2, 0.25) is 5.91 Å². The summed E-state index contributed by atoms with van der Waals surface area (Å²) < 4.78 is 0. The van der Waals surface area contributed by atoms with E-state index in [0.717, 1.165) is 17.5 Å². The van der Waals surface area contributed by atoms with Crippen LogP contribution in [0.15, 0.2) is 60.7 Å². The Morgan fingerprint density at radius 1 is 1.04 bits per heavy atom. The van der Waals surface area contributed by atoms with Crippen LogP contribution in [0.5, 0.6) is 0 Å². The minimum Gasteiger partial charge on any atom is -0.481 e. The highest BCUT2D eigenvalue weighted by Gasteiger charge is 2.40. The zero-order chi connectivity index (χ0) is 18.5. The molecule has 1 N–H and O–H groups in total. The third kappa shape index (κ3) is 3.96. The molecule has 0 radical (unpaired) electrons. The van der Waals surface area contributed by atoms with Crippen LogP contribution < -0.4 is 0 Å². The van der Waals surface area contributed by atoms with Gasteiger partial charge in [0.25, 0.3) is 0 Å². The summed E-state index contributed by atoms with van der Waals surface area (Å²) in [5.41, 5.74) is 2.15. The van der Waals surface area contributed by atoms with Crippen molar-refractivity contribution in [2.45, 2.75) is 31.6 Å². The van der Waals surface area contributed by atoms with Gasteiger partial charge in [0.15, 0.2) is 0 Å². The van der Waals surface area contributed by atoms with Crippen LogP contribution in [0.4, 0.5) is 0 Å². The molecule has 1 unspecified atom stereocenters. The number of carboxylic acid groups (broad SMARTS) is 1. The van der Waals surface area contributed by atoms with E-state index in [4.69, 9.17) is 0 Å². The average Bonchev–Trinajstić information content (AvgIpc) is 3.13. The molecule has 2 aromatic rings. The normalized spacial score (nSPS) is 20.7. The molecule has 0 aliphatic carbocycles. The number of carbonyl (C=O) groups excluding carboxylic acids is 1. The highest BCUT2D eigenvalue weighted by molar-refractivity contribution is 5.80. The summed E-state index contributed by atoms with van der Waals surface area (Å²) in [6.07, 6.45) is 1.31.